The number of rotatable bonds is 2. The monoisotopic (exact) mass is 270 g/mol. The number of nitrogens with two attached hydrogens (primary N) is 1. The molecule has 0 unspecified atom stereocenters. The molecule has 0 aliphatic rings. The van der Waals surface area contributed by atoms with Crippen LogP contribution in [0.1, 0.15) is 10.4 Å². The van der Waals surface area contributed by atoms with Gasteiger partial charge >= 0.3 is 0 Å². The van der Waals surface area contributed by atoms with E-state index < -0.39 is 5.91 Å². The lowest BCUT2D eigenvalue weighted by molar-refractivity contribution is 0.100. The largest absolute Gasteiger partial charge is 0.365 e. The summed E-state index contributed by atoms with van der Waals surface area (Å²) in [6.45, 7) is 0. The van der Waals surface area contributed by atoms with E-state index in [1.165, 1.54) is 0 Å². The summed E-state index contributed by atoms with van der Waals surface area (Å²) in [7, 11) is 0. The van der Waals surface area contributed by atoms with E-state index in [2.05, 4.69) is 11.1 Å². The first kappa shape index (κ1) is 11.7. The SMILES string of the molecule is NC(=O)c1[c]c(Cl)cn2cc(-c3ccccc3)nc12. The van der Waals surface area contributed by atoms with Crippen molar-refractivity contribution in [2.24, 2.45) is 5.73 Å². The summed E-state index contributed by atoms with van der Waals surface area (Å²) >= 11 is 5.91. The van der Waals surface area contributed by atoms with Gasteiger partial charge in [0.05, 0.1) is 16.3 Å². The quantitative estimate of drug-likeness (QED) is 0.778. The van der Waals surface area contributed by atoms with Crippen LogP contribution in [0.15, 0.2) is 42.7 Å². The molecule has 4 nitrogen and oxygen atoms in total. The van der Waals surface area contributed by atoms with E-state index in [1.807, 2.05) is 30.3 Å². The van der Waals surface area contributed by atoms with Crippen LogP contribution in [-0.4, -0.2) is 15.3 Å². The lowest BCUT2D eigenvalue weighted by atomic mass is 10.2. The molecular formula is C14H9ClN3O. The zero-order valence-corrected chi connectivity index (χ0v) is 10.6. The Hall–Kier alpha value is -2.33. The Morgan fingerprint density at radius 2 is 2.00 bits per heavy atom. The number of hydrogen-bond acceptors (Lipinski definition) is 2. The number of primary amides is 1. The Morgan fingerprint density at radius 3 is 2.68 bits per heavy atom. The van der Waals surface area contributed by atoms with Gasteiger partial charge in [-0.25, -0.2) is 4.98 Å². The predicted octanol–water partition coefficient (Wildman–Crippen LogP) is 2.55. The number of carbonyl (C=O) groups is 1. The Balaban J connectivity index is 2.26. The van der Waals surface area contributed by atoms with Crippen LogP contribution >= 0.6 is 11.6 Å². The fourth-order valence-corrected chi connectivity index (χ4v) is 2.13. The molecule has 0 aliphatic carbocycles. The van der Waals surface area contributed by atoms with E-state index in [9.17, 15) is 4.79 Å². The highest BCUT2D eigenvalue weighted by Crippen LogP contribution is 2.22. The van der Waals surface area contributed by atoms with Crippen molar-refractivity contribution in [2.75, 3.05) is 0 Å². The highest BCUT2D eigenvalue weighted by Gasteiger charge is 2.13. The summed E-state index contributed by atoms with van der Waals surface area (Å²) in [6, 6.07) is 12.4. The molecular weight excluding hydrogens is 262 g/mol. The number of carbonyl (C=O) groups excluding carboxylic acids is 1. The molecule has 1 amide bonds. The summed E-state index contributed by atoms with van der Waals surface area (Å²) in [4.78, 5) is 15.8. The molecule has 2 heterocycles. The van der Waals surface area contributed by atoms with E-state index in [1.54, 1.807) is 16.8 Å². The van der Waals surface area contributed by atoms with E-state index in [0.717, 1.165) is 11.3 Å². The molecule has 1 aromatic carbocycles. The van der Waals surface area contributed by atoms with Crippen LogP contribution in [0, 0.1) is 6.07 Å². The molecule has 0 saturated heterocycles. The van der Waals surface area contributed by atoms with Gasteiger partial charge in [0.25, 0.3) is 5.91 Å². The van der Waals surface area contributed by atoms with Crippen molar-refractivity contribution in [3.8, 4) is 11.3 Å². The van der Waals surface area contributed by atoms with Crippen LogP contribution in [0.4, 0.5) is 0 Å². The number of benzene rings is 1. The van der Waals surface area contributed by atoms with Gasteiger partial charge in [0.1, 0.15) is 0 Å². The summed E-state index contributed by atoms with van der Waals surface area (Å²) < 4.78 is 1.68. The summed E-state index contributed by atoms with van der Waals surface area (Å²) in [5, 5.41) is 0.318. The number of hydrogen-bond donors (Lipinski definition) is 1. The van der Waals surface area contributed by atoms with Crippen LogP contribution in [0.25, 0.3) is 16.9 Å². The molecule has 0 saturated carbocycles. The molecule has 93 valence electrons. The van der Waals surface area contributed by atoms with Crippen molar-refractivity contribution < 1.29 is 4.79 Å². The van der Waals surface area contributed by atoms with E-state index in [-0.39, 0.29) is 5.56 Å². The normalized spacial score (nSPS) is 10.8. The zero-order valence-electron chi connectivity index (χ0n) is 9.80. The molecule has 0 bridgehead atoms. The molecule has 3 aromatic rings. The predicted molar refractivity (Wildman–Crippen MR) is 73.0 cm³/mol. The average Bonchev–Trinajstić information content (AvgIpc) is 2.82. The lowest BCUT2D eigenvalue weighted by Gasteiger charge is -1.99. The average molecular weight is 271 g/mol. The molecule has 5 heteroatoms. The Morgan fingerprint density at radius 1 is 1.26 bits per heavy atom. The van der Waals surface area contributed by atoms with Gasteiger partial charge < -0.3 is 10.1 Å². The van der Waals surface area contributed by atoms with Crippen molar-refractivity contribution in [1.82, 2.24) is 9.38 Å². The number of halogens is 1. The molecule has 0 atom stereocenters. The Bertz CT molecular complexity index is 765. The minimum Gasteiger partial charge on any atom is -0.365 e. The fraction of sp³-hybridized carbons (Fsp3) is 0. The maximum absolute atomic E-state index is 11.4. The first-order chi connectivity index (χ1) is 9.15. The van der Waals surface area contributed by atoms with Gasteiger partial charge in [-0.15, -0.1) is 0 Å². The first-order valence-electron chi connectivity index (χ1n) is 5.61. The summed E-state index contributed by atoms with van der Waals surface area (Å²) in [5.74, 6) is -0.599. The van der Waals surface area contributed by atoms with Gasteiger partial charge in [-0.1, -0.05) is 41.9 Å². The third kappa shape index (κ3) is 2.06. The van der Waals surface area contributed by atoms with Crippen LogP contribution in [0.2, 0.25) is 5.02 Å². The second-order valence-electron chi connectivity index (χ2n) is 4.06. The van der Waals surface area contributed by atoms with Crippen LogP contribution in [0.5, 0.6) is 0 Å². The number of aromatic nitrogens is 2. The van der Waals surface area contributed by atoms with Gasteiger partial charge in [0.2, 0.25) is 0 Å². The van der Waals surface area contributed by atoms with Crippen molar-refractivity contribution in [2.45, 2.75) is 0 Å². The van der Waals surface area contributed by atoms with Crippen molar-refractivity contribution in [3.63, 3.8) is 0 Å². The third-order valence-electron chi connectivity index (χ3n) is 2.77. The molecule has 0 fully saturated rings. The molecule has 19 heavy (non-hydrogen) atoms. The van der Waals surface area contributed by atoms with Gasteiger partial charge in [0, 0.05) is 24.0 Å². The highest BCUT2D eigenvalue weighted by molar-refractivity contribution is 6.30. The number of fused-ring (bicyclic) bond motifs is 1. The van der Waals surface area contributed by atoms with Crippen LogP contribution in [-0.2, 0) is 0 Å². The number of imidazole rings is 1. The van der Waals surface area contributed by atoms with Gasteiger partial charge in [0.15, 0.2) is 5.65 Å². The number of amides is 1. The van der Waals surface area contributed by atoms with Crippen molar-refractivity contribution in [3.05, 3.63) is 59.4 Å². The minimum absolute atomic E-state index is 0.190. The van der Waals surface area contributed by atoms with Crippen LogP contribution < -0.4 is 5.73 Å². The van der Waals surface area contributed by atoms with Gasteiger partial charge in [-0.3, -0.25) is 4.79 Å². The van der Waals surface area contributed by atoms with Gasteiger partial charge in [-0.2, -0.15) is 0 Å². The highest BCUT2D eigenvalue weighted by atomic mass is 35.5. The second kappa shape index (κ2) is 4.40. The smallest absolute Gasteiger partial charge is 0.253 e. The molecule has 2 aromatic heterocycles. The van der Waals surface area contributed by atoms with E-state index >= 15 is 0 Å². The van der Waals surface area contributed by atoms with Crippen LogP contribution in [0.3, 0.4) is 0 Å². The topological polar surface area (TPSA) is 60.4 Å². The molecule has 1 radical (unpaired) electrons. The second-order valence-corrected chi connectivity index (χ2v) is 4.47. The third-order valence-corrected chi connectivity index (χ3v) is 2.96. The standard InChI is InChI=1S/C14H9ClN3O/c15-10-6-11(13(16)19)14-17-12(8-18(14)7-10)9-4-2-1-3-5-9/h1-5,7-8H,(H2,16,19). The molecule has 0 spiro atoms. The van der Waals surface area contributed by atoms with E-state index in [0.29, 0.717) is 10.7 Å². The zero-order chi connectivity index (χ0) is 13.4. The van der Waals surface area contributed by atoms with E-state index in [4.69, 9.17) is 17.3 Å². The Labute approximate surface area is 114 Å². The van der Waals surface area contributed by atoms with Crippen molar-refractivity contribution in [1.29, 1.82) is 0 Å². The minimum atomic E-state index is -0.599. The maximum atomic E-state index is 11.4. The first-order valence-corrected chi connectivity index (χ1v) is 5.98. The number of pyridine rings is 1. The Kier molecular flexibility index (Phi) is 2.72. The van der Waals surface area contributed by atoms with Crippen molar-refractivity contribution >= 4 is 23.2 Å². The fourth-order valence-electron chi connectivity index (χ4n) is 1.93. The molecule has 3 rings (SSSR count). The maximum Gasteiger partial charge on any atom is 0.253 e. The number of nitrogens with zero attached hydrogens (tertiary/aromatic N) is 2. The molecule has 0 aliphatic heterocycles. The van der Waals surface area contributed by atoms with Gasteiger partial charge in [-0.05, 0) is 0 Å². The molecule has 2 N–H and O–H groups in total. The summed E-state index contributed by atoms with van der Waals surface area (Å²) in [5.41, 5.74) is 7.66. The lowest BCUT2D eigenvalue weighted by Crippen LogP contribution is -2.13. The summed E-state index contributed by atoms with van der Waals surface area (Å²) in [6.07, 6.45) is 3.44.